The van der Waals surface area contributed by atoms with E-state index in [9.17, 15) is 14.0 Å². The number of amides is 3. The lowest BCUT2D eigenvalue weighted by Gasteiger charge is -2.41. The van der Waals surface area contributed by atoms with Crippen LogP contribution in [0.4, 0.5) is 9.18 Å². The number of carbonyl (C=O) groups excluding carboxylic acids is 2. The second kappa shape index (κ2) is 11.4. The van der Waals surface area contributed by atoms with E-state index in [0.717, 1.165) is 74.9 Å². The van der Waals surface area contributed by atoms with Crippen molar-refractivity contribution >= 4 is 22.8 Å². The van der Waals surface area contributed by atoms with Gasteiger partial charge in [-0.05, 0) is 93.7 Å². The first kappa shape index (κ1) is 29.0. The van der Waals surface area contributed by atoms with Gasteiger partial charge >= 0.3 is 6.03 Å². The quantitative estimate of drug-likeness (QED) is 0.439. The Bertz CT molecular complexity index is 1440. The topological polar surface area (TPSA) is 87.7 Å². The van der Waals surface area contributed by atoms with Crippen LogP contribution in [0.3, 0.4) is 0 Å². The molecule has 220 valence electrons. The third-order valence-electron chi connectivity index (χ3n) is 9.29. The van der Waals surface area contributed by atoms with Crippen LogP contribution in [0.1, 0.15) is 61.5 Å². The molecule has 0 unspecified atom stereocenters. The van der Waals surface area contributed by atoms with Crippen LogP contribution in [0.25, 0.3) is 16.6 Å². The summed E-state index contributed by atoms with van der Waals surface area (Å²) in [5, 5.41) is 1.16. The number of aromatic nitrogens is 2. The number of likely N-dealkylation sites (tertiary alicyclic amines) is 2. The molecule has 2 aliphatic heterocycles. The number of urea groups is 1. The fraction of sp³-hybridized carbons (Fsp3) is 0.531. The van der Waals surface area contributed by atoms with E-state index >= 15 is 0 Å². The summed E-state index contributed by atoms with van der Waals surface area (Å²) in [6, 6.07) is 4.13. The molecule has 0 aliphatic carbocycles. The molecule has 0 radical (unpaired) electrons. The molecule has 2 aliphatic rings. The van der Waals surface area contributed by atoms with Crippen molar-refractivity contribution in [3.63, 3.8) is 0 Å². The molecule has 1 atom stereocenters. The first-order valence-corrected chi connectivity index (χ1v) is 14.7. The van der Waals surface area contributed by atoms with Gasteiger partial charge < -0.3 is 25.0 Å². The van der Waals surface area contributed by atoms with Gasteiger partial charge in [0.05, 0.1) is 23.0 Å². The second-order valence-corrected chi connectivity index (χ2v) is 12.8. The van der Waals surface area contributed by atoms with Gasteiger partial charge in [0, 0.05) is 57.0 Å². The summed E-state index contributed by atoms with van der Waals surface area (Å²) in [6.07, 6.45) is 9.86. The van der Waals surface area contributed by atoms with Gasteiger partial charge in [-0.25, -0.2) is 9.18 Å². The summed E-state index contributed by atoms with van der Waals surface area (Å²) in [5.74, 6) is -0.127. The molecular weight excluding hydrogens is 519 g/mol. The van der Waals surface area contributed by atoms with Gasteiger partial charge in [-0.2, -0.15) is 0 Å². The minimum Gasteiger partial charge on any atom is -0.351 e. The predicted molar refractivity (Wildman–Crippen MR) is 160 cm³/mol. The summed E-state index contributed by atoms with van der Waals surface area (Å²) in [5.41, 5.74) is 9.93. The molecule has 2 saturated heterocycles. The van der Waals surface area contributed by atoms with Crippen molar-refractivity contribution in [2.24, 2.45) is 17.1 Å². The van der Waals surface area contributed by atoms with E-state index in [1.165, 1.54) is 17.7 Å². The highest BCUT2D eigenvalue weighted by Gasteiger charge is 2.35. The number of primary amides is 1. The summed E-state index contributed by atoms with van der Waals surface area (Å²) in [7, 11) is 1.75. The second-order valence-electron chi connectivity index (χ2n) is 12.8. The van der Waals surface area contributed by atoms with Crippen molar-refractivity contribution in [3.05, 3.63) is 59.3 Å². The molecule has 2 N–H and O–H groups in total. The van der Waals surface area contributed by atoms with Crippen LogP contribution >= 0.6 is 0 Å². The van der Waals surface area contributed by atoms with E-state index < -0.39 is 5.82 Å². The molecule has 3 aromatic rings. The standard InChI is InChI=1S/C32H43FN6O2/c1-21(2)36(5)30(40)26-15-25(33)6-7-27(26)39-19-24(29-22(3)16-35-17-28(29)39)14-23-8-11-37(18-23)20-32(4)9-12-38(13-10-32)31(34)41/h6-7,15-17,19,21,23H,8-14,18,20H2,1-5H3,(H2,34,41)/t23-/m1/s1. The number of fused-ring (bicyclic) bond motifs is 1. The van der Waals surface area contributed by atoms with E-state index in [-0.39, 0.29) is 23.4 Å². The molecule has 2 fully saturated rings. The number of carbonyl (C=O) groups is 2. The molecule has 1 aromatic carbocycles. The lowest BCUT2D eigenvalue weighted by atomic mass is 9.80. The van der Waals surface area contributed by atoms with Crippen molar-refractivity contribution in [1.82, 2.24) is 24.3 Å². The minimum absolute atomic E-state index is 0.0113. The number of rotatable bonds is 7. The van der Waals surface area contributed by atoms with Crippen LogP contribution in [0.2, 0.25) is 0 Å². The highest BCUT2D eigenvalue weighted by Crippen LogP contribution is 2.36. The maximum atomic E-state index is 14.4. The van der Waals surface area contributed by atoms with Crippen molar-refractivity contribution in [2.75, 3.05) is 39.8 Å². The Balaban J connectivity index is 1.39. The lowest BCUT2D eigenvalue weighted by Crippen LogP contribution is -2.47. The number of nitrogens with two attached hydrogens (primary N) is 1. The number of nitrogens with zero attached hydrogens (tertiary/aromatic N) is 5. The van der Waals surface area contributed by atoms with Crippen LogP contribution in [0.5, 0.6) is 0 Å². The maximum Gasteiger partial charge on any atom is 0.314 e. The largest absolute Gasteiger partial charge is 0.351 e. The number of hydrogen-bond acceptors (Lipinski definition) is 4. The Morgan fingerprint density at radius 2 is 1.93 bits per heavy atom. The van der Waals surface area contributed by atoms with Gasteiger partial charge in [-0.1, -0.05) is 6.92 Å². The summed E-state index contributed by atoms with van der Waals surface area (Å²) >= 11 is 0. The Morgan fingerprint density at radius 1 is 1.20 bits per heavy atom. The van der Waals surface area contributed by atoms with Crippen molar-refractivity contribution in [1.29, 1.82) is 0 Å². The van der Waals surface area contributed by atoms with E-state index in [0.29, 0.717) is 17.2 Å². The third-order valence-corrected chi connectivity index (χ3v) is 9.29. The molecule has 9 heteroatoms. The Kier molecular flexibility index (Phi) is 8.10. The monoisotopic (exact) mass is 562 g/mol. The molecule has 3 amide bonds. The van der Waals surface area contributed by atoms with Gasteiger partial charge in [0.1, 0.15) is 5.82 Å². The molecule has 0 bridgehead atoms. The number of benzene rings is 1. The first-order valence-electron chi connectivity index (χ1n) is 14.7. The van der Waals surface area contributed by atoms with E-state index in [4.69, 9.17) is 5.73 Å². The van der Waals surface area contributed by atoms with Crippen molar-refractivity contribution in [3.8, 4) is 5.69 Å². The number of aryl methyl sites for hydroxylation is 1. The van der Waals surface area contributed by atoms with Crippen molar-refractivity contribution in [2.45, 2.75) is 59.4 Å². The Hall–Kier alpha value is -3.46. The number of pyridine rings is 1. The van der Waals surface area contributed by atoms with Gasteiger partial charge in [0.2, 0.25) is 0 Å². The zero-order valence-electron chi connectivity index (χ0n) is 25.0. The van der Waals surface area contributed by atoms with Crippen LogP contribution in [-0.4, -0.2) is 82.0 Å². The van der Waals surface area contributed by atoms with Crippen molar-refractivity contribution < 1.29 is 14.0 Å². The summed E-state index contributed by atoms with van der Waals surface area (Å²) in [6.45, 7) is 12.9. The van der Waals surface area contributed by atoms with E-state index in [1.54, 1.807) is 22.9 Å². The lowest BCUT2D eigenvalue weighted by molar-refractivity contribution is 0.0754. The van der Waals surface area contributed by atoms with Crippen LogP contribution < -0.4 is 5.73 Å². The fourth-order valence-corrected chi connectivity index (χ4v) is 6.61. The van der Waals surface area contributed by atoms with Crippen LogP contribution in [0, 0.1) is 24.1 Å². The molecule has 0 saturated carbocycles. The van der Waals surface area contributed by atoms with Crippen LogP contribution in [-0.2, 0) is 6.42 Å². The average Bonchev–Trinajstić information content (AvgIpc) is 3.52. The first-order chi connectivity index (χ1) is 19.5. The summed E-state index contributed by atoms with van der Waals surface area (Å²) < 4.78 is 16.4. The van der Waals surface area contributed by atoms with Crippen LogP contribution in [0.15, 0.2) is 36.8 Å². The van der Waals surface area contributed by atoms with E-state index in [1.807, 2.05) is 30.8 Å². The third kappa shape index (κ3) is 5.96. The molecular formula is C32H43FN6O2. The molecule has 41 heavy (non-hydrogen) atoms. The average molecular weight is 563 g/mol. The normalized spacial score (nSPS) is 19.3. The van der Waals surface area contributed by atoms with E-state index in [2.05, 4.69) is 29.9 Å². The molecule has 5 rings (SSSR count). The summed E-state index contributed by atoms with van der Waals surface area (Å²) in [4.78, 5) is 35.4. The van der Waals surface area contributed by atoms with Gasteiger partial charge in [0.15, 0.2) is 0 Å². The molecule has 8 nitrogen and oxygen atoms in total. The highest BCUT2D eigenvalue weighted by atomic mass is 19.1. The maximum absolute atomic E-state index is 14.4. The minimum atomic E-state index is -0.430. The zero-order chi connectivity index (χ0) is 29.5. The number of hydrogen-bond donors (Lipinski definition) is 1. The fourth-order valence-electron chi connectivity index (χ4n) is 6.61. The van der Waals surface area contributed by atoms with Gasteiger partial charge in [0.25, 0.3) is 5.91 Å². The molecule has 4 heterocycles. The predicted octanol–water partition coefficient (Wildman–Crippen LogP) is 5.00. The highest BCUT2D eigenvalue weighted by molar-refractivity contribution is 5.99. The zero-order valence-corrected chi connectivity index (χ0v) is 25.0. The molecule has 0 spiro atoms. The van der Waals surface area contributed by atoms with Gasteiger partial charge in [-0.15, -0.1) is 0 Å². The number of halogens is 1. The number of piperidine rings is 1. The molecule has 2 aromatic heterocycles. The van der Waals surface area contributed by atoms with Gasteiger partial charge in [-0.3, -0.25) is 9.78 Å². The Labute approximate surface area is 242 Å². The smallest absolute Gasteiger partial charge is 0.314 e. The SMILES string of the molecule is Cc1cncc2c1c(C[C@H]1CCN(CC3(C)CCN(C(N)=O)CC3)C1)cn2-c1ccc(F)cc1C(=O)N(C)C(C)C. The Morgan fingerprint density at radius 3 is 2.61 bits per heavy atom.